The number of nitrogens with zero attached hydrogens (tertiary/aromatic N) is 1. The van der Waals surface area contributed by atoms with E-state index in [2.05, 4.69) is 199 Å². The molecule has 0 amide bonds. The SMILES string of the molecule is c1ccc2c(-c3ccc(N(c4cc5cccc6c7cccc8ccc9cccc(c%10cccc4c%10c56)c9c87)c4cccc5c4oc4ccccc45)cc3)cccc2c1. The number of rotatable bonds is 4. The molecule has 0 N–H and O–H groups in total. The van der Waals surface area contributed by atoms with E-state index in [4.69, 9.17) is 4.42 Å². The quantitative estimate of drug-likeness (QED) is 0.167. The van der Waals surface area contributed by atoms with Gasteiger partial charge in [-0.25, -0.2) is 0 Å². The first-order chi connectivity index (χ1) is 28.8. The Bertz CT molecular complexity index is 3790. The molecule has 0 saturated carbocycles. The Morgan fingerprint density at radius 2 is 0.828 bits per heavy atom. The largest absolute Gasteiger partial charge is 0.454 e. The molecule has 2 heteroatoms. The number of para-hydroxylation sites is 2. The van der Waals surface area contributed by atoms with Crippen molar-refractivity contribution >= 4 is 114 Å². The summed E-state index contributed by atoms with van der Waals surface area (Å²) in [6.45, 7) is 0. The Kier molecular flexibility index (Phi) is 6.47. The molecule has 268 valence electrons. The third-order valence-electron chi connectivity index (χ3n) is 12.5. The highest BCUT2D eigenvalue weighted by Gasteiger charge is 2.24. The highest BCUT2D eigenvalue weighted by Crippen LogP contribution is 2.50. The minimum absolute atomic E-state index is 0.867. The van der Waals surface area contributed by atoms with Crippen molar-refractivity contribution < 1.29 is 4.42 Å². The normalized spacial score (nSPS) is 12.1. The lowest BCUT2D eigenvalue weighted by Crippen LogP contribution is -2.11. The Balaban J connectivity index is 1.17. The summed E-state index contributed by atoms with van der Waals surface area (Å²) in [6.07, 6.45) is 0. The van der Waals surface area contributed by atoms with Gasteiger partial charge in [-0.3, -0.25) is 0 Å². The van der Waals surface area contributed by atoms with Gasteiger partial charge in [-0.05, 0) is 106 Å². The van der Waals surface area contributed by atoms with Crippen LogP contribution in [0.15, 0.2) is 205 Å². The van der Waals surface area contributed by atoms with Crippen LogP contribution in [0.2, 0.25) is 0 Å². The van der Waals surface area contributed by atoms with Gasteiger partial charge in [0, 0.05) is 27.2 Å². The van der Waals surface area contributed by atoms with Gasteiger partial charge in [-0.15, -0.1) is 0 Å². The van der Waals surface area contributed by atoms with Crippen molar-refractivity contribution in [3.63, 3.8) is 0 Å². The van der Waals surface area contributed by atoms with E-state index in [0.29, 0.717) is 0 Å². The minimum atomic E-state index is 0.867. The van der Waals surface area contributed by atoms with E-state index in [9.17, 15) is 0 Å². The fourth-order valence-electron chi connectivity index (χ4n) is 10.1. The molecule has 13 aromatic rings. The Morgan fingerprint density at radius 3 is 1.59 bits per heavy atom. The van der Waals surface area contributed by atoms with Crippen molar-refractivity contribution in [1.29, 1.82) is 0 Å². The number of furan rings is 1. The summed E-state index contributed by atoms with van der Waals surface area (Å²) in [5.41, 5.74) is 7.32. The Morgan fingerprint density at radius 1 is 0.310 bits per heavy atom. The van der Waals surface area contributed by atoms with Gasteiger partial charge in [0.15, 0.2) is 5.58 Å². The van der Waals surface area contributed by atoms with Crippen molar-refractivity contribution in [1.82, 2.24) is 0 Å². The van der Waals surface area contributed by atoms with E-state index in [1.807, 2.05) is 6.07 Å². The van der Waals surface area contributed by atoms with Crippen molar-refractivity contribution in [3.8, 4) is 11.1 Å². The van der Waals surface area contributed by atoms with Crippen LogP contribution in [0, 0.1) is 0 Å². The van der Waals surface area contributed by atoms with Crippen LogP contribution in [-0.2, 0) is 0 Å². The summed E-state index contributed by atoms with van der Waals surface area (Å²) < 4.78 is 6.81. The summed E-state index contributed by atoms with van der Waals surface area (Å²) in [5.74, 6) is 0. The first-order valence-electron chi connectivity index (χ1n) is 20.0. The standard InChI is InChI=1S/C56H33NO/c1-2-16-40-34(11-1)12-5-18-41(40)35-29-31-39(32-30-35)57(49-25-10-23-47-42-17-3-4-26-51(42)58-56(47)49)50-33-38-15-8-21-44-43-19-6-13-36-27-28-37-14-7-20-45(53(37)52(36)43)46-22-9-24-48(50)55(46)54(38)44/h1-33H. The lowest BCUT2D eigenvalue weighted by Gasteiger charge is -2.28. The van der Waals surface area contributed by atoms with Gasteiger partial charge in [-0.2, -0.15) is 0 Å². The predicted octanol–water partition coefficient (Wildman–Crippen LogP) is 16.2. The molecule has 0 spiro atoms. The molecule has 2 nitrogen and oxygen atoms in total. The lowest BCUT2D eigenvalue weighted by molar-refractivity contribution is 0.669. The second-order valence-corrected chi connectivity index (χ2v) is 15.6. The smallest absolute Gasteiger partial charge is 0.159 e. The highest BCUT2D eigenvalue weighted by molar-refractivity contribution is 6.38. The molecule has 0 unspecified atom stereocenters. The molecule has 1 aromatic heterocycles. The van der Waals surface area contributed by atoms with Crippen LogP contribution in [0.1, 0.15) is 0 Å². The monoisotopic (exact) mass is 735 g/mol. The maximum absolute atomic E-state index is 6.81. The zero-order valence-electron chi connectivity index (χ0n) is 31.4. The average Bonchev–Trinajstić information content (AvgIpc) is 3.67. The van der Waals surface area contributed by atoms with Crippen LogP contribution < -0.4 is 4.90 Å². The first-order valence-corrected chi connectivity index (χ1v) is 20.0. The second-order valence-electron chi connectivity index (χ2n) is 15.6. The van der Waals surface area contributed by atoms with Crippen LogP contribution >= 0.6 is 0 Å². The van der Waals surface area contributed by atoms with Crippen LogP contribution in [0.25, 0.3) is 108 Å². The van der Waals surface area contributed by atoms with E-state index in [1.54, 1.807) is 0 Å². The number of fused-ring (bicyclic) bond motifs is 6. The van der Waals surface area contributed by atoms with Crippen molar-refractivity contribution in [3.05, 3.63) is 200 Å². The van der Waals surface area contributed by atoms with Crippen molar-refractivity contribution in [2.24, 2.45) is 0 Å². The van der Waals surface area contributed by atoms with E-state index in [0.717, 1.165) is 39.0 Å². The van der Waals surface area contributed by atoms with E-state index >= 15 is 0 Å². The summed E-state index contributed by atoms with van der Waals surface area (Å²) in [4.78, 5) is 2.43. The maximum Gasteiger partial charge on any atom is 0.159 e. The third-order valence-corrected chi connectivity index (χ3v) is 12.5. The summed E-state index contributed by atoms with van der Waals surface area (Å²) in [7, 11) is 0. The molecule has 12 aromatic carbocycles. The lowest BCUT2D eigenvalue weighted by atomic mass is 9.87. The fraction of sp³-hybridized carbons (Fsp3) is 0. The molecule has 0 saturated heterocycles. The molecule has 0 radical (unpaired) electrons. The molecule has 0 fully saturated rings. The van der Waals surface area contributed by atoms with E-state index in [1.165, 1.54) is 86.5 Å². The molecule has 58 heavy (non-hydrogen) atoms. The molecule has 1 heterocycles. The zero-order chi connectivity index (χ0) is 37.9. The maximum atomic E-state index is 6.81. The predicted molar refractivity (Wildman–Crippen MR) is 248 cm³/mol. The summed E-state index contributed by atoms with van der Waals surface area (Å²) in [6, 6.07) is 73.5. The summed E-state index contributed by atoms with van der Waals surface area (Å²) >= 11 is 0. The molecule has 0 aliphatic rings. The second kappa shape index (κ2) is 11.9. The van der Waals surface area contributed by atoms with Crippen LogP contribution in [0.3, 0.4) is 0 Å². The Hall–Kier alpha value is -7.68. The first kappa shape index (κ1) is 31.5. The third kappa shape index (κ3) is 4.37. The number of hydrogen-bond donors (Lipinski definition) is 0. The molecular formula is C56H33NO. The number of hydrogen-bond acceptors (Lipinski definition) is 2. The fourth-order valence-corrected chi connectivity index (χ4v) is 10.1. The van der Waals surface area contributed by atoms with Gasteiger partial charge >= 0.3 is 0 Å². The van der Waals surface area contributed by atoms with Gasteiger partial charge < -0.3 is 9.32 Å². The van der Waals surface area contributed by atoms with Crippen LogP contribution in [-0.4, -0.2) is 0 Å². The Labute approximate surface area is 333 Å². The van der Waals surface area contributed by atoms with E-state index < -0.39 is 0 Å². The van der Waals surface area contributed by atoms with Crippen molar-refractivity contribution in [2.75, 3.05) is 4.90 Å². The average molecular weight is 736 g/mol. The van der Waals surface area contributed by atoms with Crippen LogP contribution in [0.4, 0.5) is 17.1 Å². The molecule has 0 aliphatic carbocycles. The van der Waals surface area contributed by atoms with Gasteiger partial charge in [0.2, 0.25) is 0 Å². The zero-order valence-corrected chi connectivity index (χ0v) is 31.4. The van der Waals surface area contributed by atoms with Gasteiger partial charge in [0.05, 0.1) is 11.4 Å². The minimum Gasteiger partial charge on any atom is -0.454 e. The molecule has 0 atom stereocenters. The molecule has 13 rings (SSSR count). The van der Waals surface area contributed by atoms with Gasteiger partial charge in [0.1, 0.15) is 5.58 Å². The molecular weight excluding hydrogens is 703 g/mol. The van der Waals surface area contributed by atoms with Gasteiger partial charge in [-0.1, -0.05) is 170 Å². The number of benzene rings is 11. The van der Waals surface area contributed by atoms with E-state index in [-0.39, 0.29) is 0 Å². The molecule has 0 bridgehead atoms. The highest BCUT2D eigenvalue weighted by atomic mass is 16.3. The topological polar surface area (TPSA) is 16.4 Å². The van der Waals surface area contributed by atoms with Gasteiger partial charge in [0.25, 0.3) is 0 Å². The van der Waals surface area contributed by atoms with Crippen molar-refractivity contribution in [2.45, 2.75) is 0 Å². The van der Waals surface area contributed by atoms with Crippen LogP contribution in [0.5, 0.6) is 0 Å². The summed E-state index contributed by atoms with van der Waals surface area (Å²) in [5, 5.41) is 19.8. The molecule has 0 aliphatic heterocycles. The number of anilines is 3.